The average molecular weight is 318 g/mol. The maximum atomic E-state index is 13.0. The summed E-state index contributed by atoms with van der Waals surface area (Å²) < 4.78 is 43.6. The molecule has 0 spiro atoms. The van der Waals surface area contributed by atoms with Crippen LogP contribution in [0.15, 0.2) is 12.1 Å². The van der Waals surface area contributed by atoms with Gasteiger partial charge in [-0.3, -0.25) is 10.1 Å². The highest BCUT2D eigenvalue weighted by Gasteiger charge is 2.37. The van der Waals surface area contributed by atoms with Gasteiger partial charge in [0.1, 0.15) is 0 Å². The lowest BCUT2D eigenvalue weighted by atomic mass is 10.0. The fourth-order valence-electron chi connectivity index (χ4n) is 1.77. The topological polar surface area (TPSA) is 87.7 Å². The molecule has 1 aromatic rings. The van der Waals surface area contributed by atoms with Crippen LogP contribution < -0.4 is 15.4 Å². The highest BCUT2D eigenvalue weighted by atomic mass is 19.4. The van der Waals surface area contributed by atoms with Gasteiger partial charge in [-0.25, -0.2) is 4.79 Å². The number of phenolic OH excluding ortho intramolecular Hbond substituents is 1. The van der Waals surface area contributed by atoms with Crippen molar-refractivity contribution in [1.82, 2.24) is 10.6 Å². The number of aromatic hydroxyl groups is 1. The monoisotopic (exact) mass is 318 g/mol. The Kier molecular flexibility index (Phi) is 4.16. The van der Waals surface area contributed by atoms with Crippen LogP contribution in [0.4, 0.5) is 18.0 Å². The molecule has 3 amide bonds. The lowest BCUT2D eigenvalue weighted by molar-refractivity contribution is -0.138. The Hall–Kier alpha value is -2.45. The van der Waals surface area contributed by atoms with Gasteiger partial charge in [0, 0.05) is 6.04 Å². The lowest BCUT2D eigenvalue weighted by Crippen LogP contribution is -2.41. The largest absolute Gasteiger partial charge is 0.504 e. The molecule has 6 nitrogen and oxygen atoms in total. The first-order valence-electron chi connectivity index (χ1n) is 6.32. The van der Waals surface area contributed by atoms with Crippen molar-refractivity contribution >= 4 is 11.9 Å². The van der Waals surface area contributed by atoms with Crippen LogP contribution in [-0.2, 0) is 6.18 Å². The van der Waals surface area contributed by atoms with Crippen molar-refractivity contribution in [2.24, 2.45) is 0 Å². The van der Waals surface area contributed by atoms with Gasteiger partial charge in [-0.05, 0) is 25.0 Å². The number of hydrogen-bond acceptors (Lipinski definition) is 4. The SMILES string of the molecule is COc1cc(C(F)(F)F)c(C(=O)NC(=O)NC2CC2)cc1O. The quantitative estimate of drug-likeness (QED) is 0.795. The Bertz CT molecular complexity index is 612. The van der Waals surface area contributed by atoms with Crippen LogP contribution in [-0.4, -0.2) is 30.2 Å². The number of benzene rings is 1. The van der Waals surface area contributed by atoms with E-state index in [1.165, 1.54) is 0 Å². The molecule has 0 bridgehead atoms. The molecule has 1 fully saturated rings. The number of imide groups is 1. The van der Waals surface area contributed by atoms with E-state index in [-0.39, 0.29) is 6.04 Å². The number of carbonyl (C=O) groups excluding carboxylic acids is 2. The van der Waals surface area contributed by atoms with E-state index in [1.807, 2.05) is 0 Å². The van der Waals surface area contributed by atoms with E-state index >= 15 is 0 Å². The van der Waals surface area contributed by atoms with E-state index in [4.69, 9.17) is 0 Å². The number of phenols is 1. The molecule has 0 aliphatic heterocycles. The summed E-state index contributed by atoms with van der Waals surface area (Å²) >= 11 is 0. The molecule has 0 heterocycles. The third-order valence-electron chi connectivity index (χ3n) is 3.01. The van der Waals surface area contributed by atoms with E-state index in [9.17, 15) is 27.9 Å². The summed E-state index contributed by atoms with van der Waals surface area (Å²) in [5.74, 6) is -2.32. The predicted octanol–water partition coefficient (Wildman–Crippen LogP) is 2.02. The normalized spacial score (nSPS) is 14.4. The molecule has 1 aliphatic carbocycles. The third kappa shape index (κ3) is 3.60. The molecule has 120 valence electrons. The molecule has 1 aromatic carbocycles. The van der Waals surface area contributed by atoms with E-state index in [1.54, 1.807) is 5.32 Å². The molecular formula is C13H13F3N2O4. The number of amides is 3. The van der Waals surface area contributed by atoms with Crippen molar-refractivity contribution in [1.29, 1.82) is 0 Å². The minimum absolute atomic E-state index is 0.0563. The molecule has 2 rings (SSSR count). The van der Waals surface area contributed by atoms with Crippen molar-refractivity contribution in [3.05, 3.63) is 23.3 Å². The zero-order valence-electron chi connectivity index (χ0n) is 11.5. The molecule has 0 atom stereocenters. The fourth-order valence-corrected chi connectivity index (χ4v) is 1.77. The summed E-state index contributed by atoms with van der Waals surface area (Å²) in [6.07, 6.45) is -3.32. The van der Waals surface area contributed by atoms with Crippen molar-refractivity contribution in [2.45, 2.75) is 25.1 Å². The Morgan fingerprint density at radius 1 is 1.32 bits per heavy atom. The zero-order chi connectivity index (χ0) is 16.5. The maximum absolute atomic E-state index is 13.0. The first-order valence-corrected chi connectivity index (χ1v) is 6.32. The minimum atomic E-state index is -4.85. The number of nitrogens with one attached hydrogen (secondary N) is 2. The molecule has 0 saturated heterocycles. The summed E-state index contributed by atoms with van der Waals surface area (Å²) in [5, 5.41) is 13.8. The van der Waals surface area contributed by atoms with Gasteiger partial charge in [0.05, 0.1) is 18.2 Å². The van der Waals surface area contributed by atoms with E-state index in [0.29, 0.717) is 12.1 Å². The van der Waals surface area contributed by atoms with Crippen molar-refractivity contribution in [2.75, 3.05) is 7.11 Å². The zero-order valence-corrected chi connectivity index (χ0v) is 11.5. The van der Waals surface area contributed by atoms with Crippen LogP contribution in [0.3, 0.4) is 0 Å². The molecule has 0 radical (unpaired) electrons. The number of halogens is 3. The van der Waals surface area contributed by atoms with Gasteiger partial charge in [0.15, 0.2) is 11.5 Å². The first kappa shape index (κ1) is 15.9. The van der Waals surface area contributed by atoms with Crippen LogP contribution >= 0.6 is 0 Å². The van der Waals surface area contributed by atoms with E-state index < -0.39 is 40.7 Å². The van der Waals surface area contributed by atoms with Crippen LogP contribution in [0.5, 0.6) is 11.5 Å². The summed E-state index contributed by atoms with van der Waals surface area (Å²) in [7, 11) is 1.08. The van der Waals surface area contributed by atoms with Gasteiger partial charge in [-0.1, -0.05) is 0 Å². The Morgan fingerprint density at radius 2 is 1.95 bits per heavy atom. The van der Waals surface area contributed by atoms with Crippen molar-refractivity contribution < 1.29 is 32.6 Å². The van der Waals surface area contributed by atoms with Gasteiger partial charge in [0.2, 0.25) is 0 Å². The molecule has 3 N–H and O–H groups in total. The van der Waals surface area contributed by atoms with Crippen molar-refractivity contribution in [3.8, 4) is 11.5 Å². The number of rotatable bonds is 3. The summed E-state index contributed by atoms with van der Waals surface area (Å²) in [4.78, 5) is 23.3. The molecular weight excluding hydrogens is 305 g/mol. The highest BCUT2D eigenvalue weighted by molar-refractivity contribution is 6.05. The maximum Gasteiger partial charge on any atom is 0.417 e. The number of carbonyl (C=O) groups is 2. The Labute approximate surface area is 123 Å². The second-order valence-electron chi connectivity index (χ2n) is 4.77. The number of methoxy groups -OCH3 is 1. The van der Waals surface area contributed by atoms with Gasteiger partial charge in [0.25, 0.3) is 5.91 Å². The van der Waals surface area contributed by atoms with Crippen LogP contribution in [0, 0.1) is 0 Å². The first-order chi connectivity index (χ1) is 10.2. The highest BCUT2D eigenvalue weighted by Crippen LogP contribution is 2.38. The number of hydrogen-bond donors (Lipinski definition) is 3. The smallest absolute Gasteiger partial charge is 0.417 e. The lowest BCUT2D eigenvalue weighted by Gasteiger charge is -2.15. The summed E-state index contributed by atoms with van der Waals surface area (Å²) in [6, 6.07) is 0.180. The average Bonchev–Trinajstić information content (AvgIpc) is 3.20. The van der Waals surface area contributed by atoms with Crippen LogP contribution in [0.2, 0.25) is 0 Å². The number of ether oxygens (including phenoxy) is 1. The summed E-state index contributed by atoms with van der Waals surface area (Å²) in [5.41, 5.74) is -2.17. The molecule has 22 heavy (non-hydrogen) atoms. The van der Waals surface area contributed by atoms with Crippen molar-refractivity contribution in [3.63, 3.8) is 0 Å². The van der Waals surface area contributed by atoms with Gasteiger partial charge in [-0.15, -0.1) is 0 Å². The Morgan fingerprint density at radius 3 is 2.45 bits per heavy atom. The van der Waals surface area contributed by atoms with E-state index in [2.05, 4.69) is 10.1 Å². The molecule has 9 heteroatoms. The molecule has 1 aliphatic rings. The van der Waals surface area contributed by atoms with Gasteiger partial charge in [-0.2, -0.15) is 13.2 Å². The van der Waals surface area contributed by atoms with E-state index in [0.717, 1.165) is 20.0 Å². The predicted molar refractivity (Wildman–Crippen MR) is 68.7 cm³/mol. The standard InChI is InChI=1S/C13H13F3N2O4/c1-22-10-5-8(13(14,15)16)7(4-9(10)19)11(20)18-12(21)17-6-2-3-6/h4-6,19H,2-3H2,1H3,(H2,17,18,20,21). The molecule has 0 aromatic heterocycles. The van der Waals surface area contributed by atoms with Gasteiger partial charge < -0.3 is 15.2 Å². The minimum Gasteiger partial charge on any atom is -0.504 e. The molecule has 0 unspecified atom stereocenters. The Balaban J connectivity index is 2.29. The van der Waals surface area contributed by atoms with Crippen LogP contribution in [0.1, 0.15) is 28.8 Å². The summed E-state index contributed by atoms with van der Waals surface area (Å²) in [6.45, 7) is 0. The molecule has 1 saturated carbocycles. The number of alkyl halides is 3. The fraction of sp³-hybridized carbons (Fsp3) is 0.385. The third-order valence-corrected chi connectivity index (χ3v) is 3.01. The van der Waals surface area contributed by atoms with Crippen LogP contribution in [0.25, 0.3) is 0 Å². The second-order valence-corrected chi connectivity index (χ2v) is 4.77. The number of urea groups is 1. The van der Waals surface area contributed by atoms with Gasteiger partial charge >= 0.3 is 12.2 Å². The second kappa shape index (κ2) is 5.74.